The molecule has 0 aliphatic carbocycles. The van der Waals surface area contributed by atoms with Gasteiger partial charge in [0.1, 0.15) is 0 Å². The maximum absolute atomic E-state index is 10.0. The maximum atomic E-state index is 10.0. The van der Waals surface area contributed by atoms with Gasteiger partial charge in [-0.25, -0.2) is 0 Å². The zero-order chi connectivity index (χ0) is 15.9. The van der Waals surface area contributed by atoms with E-state index in [-0.39, 0.29) is 31.6 Å². The zero-order valence-corrected chi connectivity index (χ0v) is 16.1. The van der Waals surface area contributed by atoms with Crippen molar-refractivity contribution in [3.05, 3.63) is 78.2 Å². The number of thioether (sulfide) groups is 1. The molecule has 0 fully saturated rings. The summed E-state index contributed by atoms with van der Waals surface area (Å²) in [7, 11) is 0. The Labute approximate surface area is 154 Å². The maximum Gasteiger partial charge on any atom is 0.155 e. The number of hydrogen-bond donors (Lipinski definition) is 1. The summed E-state index contributed by atoms with van der Waals surface area (Å²) in [6.45, 7) is 2.85. The molecule has 2 heterocycles. The predicted molar refractivity (Wildman–Crippen MR) is 89.7 cm³/mol. The van der Waals surface area contributed by atoms with Crippen molar-refractivity contribution in [3.63, 3.8) is 0 Å². The Hall–Kier alpha value is -1.55. The summed E-state index contributed by atoms with van der Waals surface area (Å²) in [5.74, 6) is -0.0625. The fourth-order valence-electron chi connectivity index (χ4n) is 2.04. The third-order valence-electron chi connectivity index (χ3n) is 2.90. The number of nitrogens with zero attached hydrogens (tertiary/aromatic N) is 1. The van der Waals surface area contributed by atoms with Crippen molar-refractivity contribution in [3.8, 4) is 0 Å². The van der Waals surface area contributed by atoms with Gasteiger partial charge >= 0.3 is 0 Å². The Bertz CT molecular complexity index is 645. The molecule has 5 heteroatoms. The molecule has 1 unspecified atom stereocenters. The van der Waals surface area contributed by atoms with E-state index in [2.05, 4.69) is 41.7 Å². The van der Waals surface area contributed by atoms with Gasteiger partial charge in [0.25, 0.3) is 0 Å². The molecule has 1 aliphatic heterocycles. The molecule has 1 N–H and O–H groups in total. The van der Waals surface area contributed by atoms with Crippen LogP contribution in [-0.2, 0) is 24.9 Å². The quantitative estimate of drug-likeness (QED) is 0.371. The van der Waals surface area contributed by atoms with Crippen LogP contribution in [0.3, 0.4) is 0 Å². The average Bonchev–Trinajstić information content (AvgIpc) is 2.91. The van der Waals surface area contributed by atoms with Crippen molar-refractivity contribution in [1.29, 1.82) is 0 Å². The smallest absolute Gasteiger partial charge is 0.155 e. The SMILES string of the molecule is CC(=O)C=C(C)O.[Ir].c1ccc(C2[CH-]c3ccccc3S2)nc1. The Morgan fingerprint density at radius 3 is 2.43 bits per heavy atom. The molecule has 0 saturated carbocycles. The first-order chi connectivity index (χ1) is 10.6. The number of fused-ring (bicyclic) bond motifs is 1. The summed E-state index contributed by atoms with van der Waals surface area (Å²) in [6, 6.07) is 14.6. The minimum Gasteiger partial charge on any atom is -0.512 e. The Morgan fingerprint density at radius 1 is 1.22 bits per heavy atom. The second-order valence-electron chi connectivity index (χ2n) is 4.89. The molecule has 0 amide bonds. The van der Waals surface area contributed by atoms with Crippen LogP contribution in [0.15, 0.2) is 65.4 Å². The largest absolute Gasteiger partial charge is 0.512 e. The molecule has 1 atom stereocenters. The number of rotatable bonds is 2. The third kappa shape index (κ3) is 6.22. The van der Waals surface area contributed by atoms with Crippen molar-refractivity contribution in [1.82, 2.24) is 4.98 Å². The van der Waals surface area contributed by atoms with Gasteiger partial charge in [0.15, 0.2) is 5.78 Å². The van der Waals surface area contributed by atoms with E-state index in [4.69, 9.17) is 5.11 Å². The summed E-state index contributed by atoms with van der Waals surface area (Å²) in [6.07, 6.45) is 5.30. The number of hydrogen-bond acceptors (Lipinski definition) is 4. The molecule has 3 rings (SSSR count). The van der Waals surface area contributed by atoms with Crippen molar-refractivity contribution < 1.29 is 30.0 Å². The van der Waals surface area contributed by atoms with Gasteiger partial charge < -0.3 is 5.11 Å². The number of ketones is 1. The first-order valence-electron chi connectivity index (χ1n) is 6.95. The molecule has 1 aliphatic rings. The molecule has 3 nitrogen and oxygen atoms in total. The van der Waals surface area contributed by atoms with Crippen molar-refractivity contribution in [2.75, 3.05) is 0 Å². The van der Waals surface area contributed by atoms with E-state index < -0.39 is 0 Å². The third-order valence-corrected chi connectivity index (χ3v) is 4.15. The van der Waals surface area contributed by atoms with E-state index in [1.807, 2.05) is 30.1 Å². The van der Waals surface area contributed by atoms with Crippen LogP contribution in [0.1, 0.15) is 30.4 Å². The van der Waals surface area contributed by atoms with Crippen LogP contribution >= 0.6 is 11.8 Å². The van der Waals surface area contributed by atoms with Crippen LogP contribution in [0, 0.1) is 6.42 Å². The summed E-state index contributed by atoms with van der Waals surface area (Å²) in [5.41, 5.74) is 2.47. The molecular formula is C18H18IrNO2S-. The molecule has 123 valence electrons. The van der Waals surface area contributed by atoms with Crippen molar-refractivity contribution in [2.24, 2.45) is 0 Å². The summed E-state index contributed by atoms with van der Waals surface area (Å²) >= 11 is 1.87. The first-order valence-corrected chi connectivity index (χ1v) is 7.83. The number of aliphatic hydroxyl groups excluding tert-OH is 1. The standard InChI is InChI=1S/C13H10NS.C5H8O2.Ir/c1-2-7-12-10(5-1)9-13(15-12)11-6-3-4-8-14-11;1-4(6)3-5(2)7;/h1-9,13H;3,6H,1-2H3;/q-1;;. The Kier molecular flexibility index (Phi) is 8.10. The molecular weight excluding hydrogens is 486 g/mol. The second-order valence-corrected chi connectivity index (χ2v) is 6.08. The van der Waals surface area contributed by atoms with Crippen LogP contribution in [0.25, 0.3) is 0 Å². The van der Waals surface area contributed by atoms with E-state index in [0.717, 1.165) is 5.69 Å². The van der Waals surface area contributed by atoms with Gasteiger partial charge in [-0.1, -0.05) is 17.0 Å². The number of aliphatic hydroxyl groups is 1. The predicted octanol–water partition coefficient (Wildman–Crippen LogP) is 4.52. The van der Waals surface area contributed by atoms with Crippen molar-refractivity contribution in [2.45, 2.75) is 24.0 Å². The first kappa shape index (κ1) is 19.5. The molecule has 23 heavy (non-hydrogen) atoms. The van der Waals surface area contributed by atoms with E-state index in [1.54, 1.807) is 0 Å². The molecule has 0 spiro atoms. The second kappa shape index (κ2) is 9.56. The molecule has 1 aromatic carbocycles. The molecule has 2 aromatic rings. The molecule has 1 radical (unpaired) electrons. The van der Waals surface area contributed by atoms with E-state index in [0.29, 0.717) is 5.25 Å². The van der Waals surface area contributed by atoms with Gasteiger partial charge in [-0.15, -0.1) is 12.1 Å². The number of carbonyl (C=O) groups is 1. The van der Waals surface area contributed by atoms with Gasteiger partial charge in [0.05, 0.1) is 5.76 Å². The summed E-state index contributed by atoms with van der Waals surface area (Å²) in [4.78, 5) is 15.8. The minimum atomic E-state index is -0.125. The fourth-order valence-corrected chi connectivity index (χ4v) is 3.22. The van der Waals surface area contributed by atoms with Crippen molar-refractivity contribution >= 4 is 17.5 Å². The monoisotopic (exact) mass is 505 g/mol. The molecule has 1 aromatic heterocycles. The Morgan fingerprint density at radius 2 is 1.91 bits per heavy atom. The van der Waals surface area contributed by atoms with Gasteiger partial charge in [0, 0.05) is 43.3 Å². The molecule has 0 bridgehead atoms. The number of aromatic nitrogens is 1. The van der Waals surface area contributed by atoms with Crippen LogP contribution in [0.2, 0.25) is 0 Å². The van der Waals surface area contributed by atoms with E-state index >= 15 is 0 Å². The summed E-state index contributed by atoms with van der Waals surface area (Å²) in [5, 5.41) is 8.74. The number of pyridine rings is 1. The fraction of sp³-hybridized carbons (Fsp3) is 0.167. The Balaban J connectivity index is 0.000000287. The van der Waals surface area contributed by atoms with E-state index in [9.17, 15) is 4.79 Å². The van der Waals surface area contributed by atoms with Gasteiger partial charge in [-0.3, -0.25) is 9.78 Å². The number of allylic oxidation sites excluding steroid dienone is 2. The molecule has 0 saturated heterocycles. The van der Waals surface area contributed by atoms with Crippen LogP contribution in [0.4, 0.5) is 0 Å². The number of carbonyl (C=O) groups excluding carboxylic acids is 1. The minimum absolute atomic E-state index is 0. The van der Waals surface area contributed by atoms with Gasteiger partial charge in [0.2, 0.25) is 0 Å². The number of benzene rings is 1. The zero-order valence-electron chi connectivity index (χ0n) is 12.9. The summed E-state index contributed by atoms with van der Waals surface area (Å²) < 4.78 is 0. The van der Waals surface area contributed by atoms with Crippen LogP contribution < -0.4 is 0 Å². The van der Waals surface area contributed by atoms with Gasteiger partial charge in [-0.2, -0.15) is 29.8 Å². The average molecular weight is 505 g/mol. The van der Waals surface area contributed by atoms with Gasteiger partial charge in [-0.05, 0) is 26.0 Å². The normalized spacial score (nSPS) is 15.4. The van der Waals surface area contributed by atoms with E-state index in [1.165, 1.54) is 30.4 Å². The van der Waals surface area contributed by atoms with Crippen LogP contribution in [0.5, 0.6) is 0 Å². The topological polar surface area (TPSA) is 50.2 Å². The van der Waals surface area contributed by atoms with Crippen LogP contribution in [-0.4, -0.2) is 15.9 Å².